The topological polar surface area (TPSA) is 64.7 Å². The van der Waals surface area contributed by atoms with Gasteiger partial charge in [0.15, 0.2) is 0 Å². The number of imide groups is 1. The highest BCUT2D eigenvalue weighted by Crippen LogP contribution is 2.29. The van der Waals surface area contributed by atoms with E-state index in [0.717, 1.165) is 12.8 Å². The average molecular weight is 266 g/mol. The van der Waals surface area contributed by atoms with Gasteiger partial charge in [-0.25, -0.2) is 4.79 Å². The lowest BCUT2D eigenvalue weighted by atomic mass is 9.98. The van der Waals surface area contributed by atoms with Crippen molar-refractivity contribution < 1.29 is 9.59 Å². The van der Waals surface area contributed by atoms with E-state index in [1.54, 1.807) is 0 Å². The molecule has 3 amide bonds. The molecule has 0 aromatic rings. The summed E-state index contributed by atoms with van der Waals surface area (Å²) in [5.41, 5.74) is 0. The van der Waals surface area contributed by atoms with Crippen LogP contribution in [0.2, 0.25) is 0 Å². The Bertz CT molecular complexity index is 375. The maximum Gasteiger partial charge on any atom is 0.324 e. The fraction of sp³-hybridized carbons (Fsp3) is 0.846. The Kier molecular flexibility index (Phi) is 3.45. The number of likely N-dealkylation sites (N-methyl/N-ethyl adjacent to an activating group) is 1. The number of carbonyl (C=O) groups excluding carboxylic acids is 2. The lowest BCUT2D eigenvalue weighted by Gasteiger charge is -2.35. The molecule has 0 spiro atoms. The van der Waals surface area contributed by atoms with Crippen LogP contribution in [0.4, 0.5) is 4.79 Å². The minimum atomic E-state index is -0.246. The fourth-order valence-electron chi connectivity index (χ4n) is 3.52. The van der Waals surface area contributed by atoms with Gasteiger partial charge in [-0.15, -0.1) is 0 Å². The summed E-state index contributed by atoms with van der Waals surface area (Å²) in [5, 5.41) is 6.27. The number of hydrogen-bond acceptors (Lipinski definition) is 4. The highest BCUT2D eigenvalue weighted by molar-refractivity contribution is 5.96. The first-order valence-electron chi connectivity index (χ1n) is 7.18. The van der Waals surface area contributed by atoms with Crippen molar-refractivity contribution in [1.82, 2.24) is 20.4 Å². The van der Waals surface area contributed by atoms with Gasteiger partial charge < -0.3 is 10.6 Å². The van der Waals surface area contributed by atoms with Crippen molar-refractivity contribution in [2.24, 2.45) is 0 Å². The predicted molar refractivity (Wildman–Crippen MR) is 70.7 cm³/mol. The van der Waals surface area contributed by atoms with Gasteiger partial charge in [0.05, 0.1) is 6.54 Å². The Morgan fingerprint density at radius 1 is 1.37 bits per heavy atom. The van der Waals surface area contributed by atoms with Crippen molar-refractivity contribution in [3.63, 3.8) is 0 Å². The van der Waals surface area contributed by atoms with Crippen LogP contribution in [0.25, 0.3) is 0 Å². The second kappa shape index (κ2) is 5.09. The van der Waals surface area contributed by atoms with E-state index in [0.29, 0.717) is 37.8 Å². The molecule has 6 heteroatoms. The molecule has 3 aliphatic heterocycles. The first-order valence-corrected chi connectivity index (χ1v) is 7.18. The first kappa shape index (κ1) is 12.9. The number of fused-ring (bicyclic) bond motifs is 2. The number of rotatable bonds is 3. The lowest BCUT2D eigenvalue weighted by Crippen LogP contribution is -2.50. The number of urea groups is 1. The van der Waals surface area contributed by atoms with Crippen LogP contribution in [-0.4, -0.2) is 66.5 Å². The van der Waals surface area contributed by atoms with Crippen LogP contribution in [0.15, 0.2) is 0 Å². The number of piperidine rings is 1. The van der Waals surface area contributed by atoms with Crippen LogP contribution >= 0.6 is 0 Å². The SMILES string of the molecule is CN(CC(=O)N1CCNC1=O)C1CC2CCC(C1)N2. The predicted octanol–water partition coefficient (Wildman–Crippen LogP) is -0.247. The van der Waals surface area contributed by atoms with Crippen molar-refractivity contribution in [3.8, 4) is 0 Å². The molecule has 19 heavy (non-hydrogen) atoms. The molecule has 0 saturated carbocycles. The van der Waals surface area contributed by atoms with Gasteiger partial charge in [0.25, 0.3) is 0 Å². The van der Waals surface area contributed by atoms with Crippen LogP contribution in [0.5, 0.6) is 0 Å². The first-order chi connectivity index (χ1) is 9.13. The van der Waals surface area contributed by atoms with Crippen molar-refractivity contribution in [2.45, 2.75) is 43.8 Å². The van der Waals surface area contributed by atoms with E-state index >= 15 is 0 Å². The summed E-state index contributed by atoms with van der Waals surface area (Å²) in [6, 6.07) is 1.46. The van der Waals surface area contributed by atoms with Crippen molar-refractivity contribution in [2.75, 3.05) is 26.7 Å². The maximum atomic E-state index is 12.1. The van der Waals surface area contributed by atoms with Gasteiger partial charge in [-0.2, -0.15) is 0 Å². The molecule has 3 fully saturated rings. The van der Waals surface area contributed by atoms with Crippen LogP contribution in [0, 0.1) is 0 Å². The molecule has 0 aromatic heterocycles. The molecule has 3 heterocycles. The summed E-state index contributed by atoms with van der Waals surface area (Å²) in [5.74, 6) is -0.0802. The van der Waals surface area contributed by atoms with Gasteiger partial charge in [0.1, 0.15) is 0 Å². The Balaban J connectivity index is 1.54. The molecule has 0 aromatic carbocycles. The van der Waals surface area contributed by atoms with Crippen molar-refractivity contribution >= 4 is 11.9 Å². The summed E-state index contributed by atoms with van der Waals surface area (Å²) in [6.45, 7) is 1.42. The quantitative estimate of drug-likeness (QED) is 0.739. The number of carbonyl (C=O) groups is 2. The molecule has 3 aliphatic rings. The van der Waals surface area contributed by atoms with E-state index in [9.17, 15) is 9.59 Å². The number of nitrogens with zero attached hydrogens (tertiary/aromatic N) is 2. The van der Waals surface area contributed by atoms with Crippen molar-refractivity contribution in [1.29, 1.82) is 0 Å². The second-order valence-corrected chi connectivity index (χ2v) is 5.96. The standard InChI is InChI=1S/C13H22N4O2/c1-16(8-12(18)17-5-4-14-13(17)19)11-6-9-2-3-10(7-11)15-9/h9-11,15H,2-8H2,1H3,(H,14,19). The minimum Gasteiger partial charge on any atom is -0.336 e. The van der Waals surface area contributed by atoms with Gasteiger partial charge in [-0.05, 0) is 32.7 Å². The normalized spacial score (nSPS) is 33.9. The summed E-state index contributed by atoms with van der Waals surface area (Å²) >= 11 is 0. The minimum absolute atomic E-state index is 0.0802. The third-order valence-electron chi connectivity index (χ3n) is 4.61. The maximum absolute atomic E-state index is 12.1. The summed E-state index contributed by atoms with van der Waals surface area (Å²) < 4.78 is 0. The van der Waals surface area contributed by atoms with Gasteiger partial charge >= 0.3 is 6.03 Å². The molecule has 3 saturated heterocycles. The average Bonchev–Trinajstić information content (AvgIpc) is 2.95. The molecule has 6 nitrogen and oxygen atoms in total. The number of hydrogen-bond donors (Lipinski definition) is 2. The monoisotopic (exact) mass is 266 g/mol. The van der Waals surface area contributed by atoms with Crippen LogP contribution in [0.1, 0.15) is 25.7 Å². The molecule has 0 radical (unpaired) electrons. The summed E-state index contributed by atoms with van der Waals surface area (Å²) in [4.78, 5) is 27.0. The van der Waals surface area contributed by atoms with E-state index < -0.39 is 0 Å². The molecule has 106 valence electrons. The molecule has 2 N–H and O–H groups in total. The highest BCUT2D eigenvalue weighted by atomic mass is 16.2. The number of amides is 3. The molecular weight excluding hydrogens is 244 g/mol. The molecule has 2 atom stereocenters. The van der Waals surface area contributed by atoms with Gasteiger partial charge in [-0.1, -0.05) is 0 Å². The van der Waals surface area contributed by atoms with E-state index in [1.807, 2.05) is 7.05 Å². The zero-order valence-electron chi connectivity index (χ0n) is 11.4. The Morgan fingerprint density at radius 2 is 2.05 bits per heavy atom. The van der Waals surface area contributed by atoms with Crippen molar-refractivity contribution in [3.05, 3.63) is 0 Å². The van der Waals surface area contributed by atoms with E-state index in [2.05, 4.69) is 15.5 Å². The van der Waals surface area contributed by atoms with Gasteiger partial charge in [0.2, 0.25) is 5.91 Å². The Hall–Kier alpha value is -1.14. The summed E-state index contributed by atoms with van der Waals surface area (Å²) in [7, 11) is 2.00. The third-order valence-corrected chi connectivity index (χ3v) is 4.61. The van der Waals surface area contributed by atoms with E-state index in [4.69, 9.17) is 0 Å². The second-order valence-electron chi connectivity index (χ2n) is 5.96. The lowest BCUT2D eigenvalue weighted by molar-refractivity contribution is -0.129. The van der Waals surface area contributed by atoms with Gasteiger partial charge in [-0.3, -0.25) is 14.6 Å². The third kappa shape index (κ3) is 2.60. The zero-order chi connectivity index (χ0) is 13.4. The molecule has 0 aliphatic carbocycles. The smallest absolute Gasteiger partial charge is 0.324 e. The zero-order valence-corrected chi connectivity index (χ0v) is 11.4. The van der Waals surface area contributed by atoms with E-state index in [1.165, 1.54) is 17.7 Å². The number of nitrogens with one attached hydrogen (secondary N) is 2. The van der Waals surface area contributed by atoms with Crippen LogP contribution in [0.3, 0.4) is 0 Å². The largest absolute Gasteiger partial charge is 0.336 e. The molecular formula is C13H22N4O2. The van der Waals surface area contributed by atoms with Crippen LogP contribution < -0.4 is 10.6 Å². The summed E-state index contributed by atoms with van der Waals surface area (Å²) in [6.07, 6.45) is 4.76. The van der Waals surface area contributed by atoms with E-state index in [-0.39, 0.29) is 11.9 Å². The Morgan fingerprint density at radius 3 is 2.63 bits per heavy atom. The highest BCUT2D eigenvalue weighted by Gasteiger charge is 2.36. The fourth-order valence-corrected chi connectivity index (χ4v) is 3.52. The van der Waals surface area contributed by atoms with Gasteiger partial charge in [0, 0.05) is 31.2 Å². The molecule has 2 unspecified atom stereocenters. The Labute approximate surface area is 113 Å². The molecule has 3 rings (SSSR count). The van der Waals surface area contributed by atoms with Crippen LogP contribution in [-0.2, 0) is 4.79 Å². The molecule has 2 bridgehead atoms.